The summed E-state index contributed by atoms with van der Waals surface area (Å²) in [4.78, 5) is 7.54. The van der Waals surface area contributed by atoms with Gasteiger partial charge in [-0.1, -0.05) is 54.1 Å². The van der Waals surface area contributed by atoms with Crippen molar-refractivity contribution in [2.24, 2.45) is 0 Å². The monoisotopic (exact) mass is 416 g/mol. The highest BCUT2D eigenvalue weighted by Gasteiger charge is 2.18. The number of nitrogens with zero attached hydrogens (tertiary/aromatic N) is 3. The highest BCUT2D eigenvalue weighted by atomic mass is 35.5. The van der Waals surface area contributed by atoms with Crippen LogP contribution in [0.4, 0.5) is 0 Å². The van der Waals surface area contributed by atoms with Crippen LogP contribution in [0.25, 0.3) is 28.0 Å². The van der Waals surface area contributed by atoms with Crippen LogP contribution in [0.1, 0.15) is 12.1 Å². The first-order valence-electron chi connectivity index (χ1n) is 10.5. The van der Waals surface area contributed by atoms with Crippen LogP contribution in [0.15, 0.2) is 72.9 Å². The molecular weight excluding hydrogens is 392 g/mol. The molecule has 5 heteroatoms. The second-order valence-corrected chi connectivity index (χ2v) is 8.24. The summed E-state index contributed by atoms with van der Waals surface area (Å²) in [5.74, 6) is 0. The normalized spacial score (nSPS) is 15.4. The molecule has 30 heavy (non-hydrogen) atoms. The zero-order chi connectivity index (χ0) is 20.3. The van der Waals surface area contributed by atoms with Crippen LogP contribution in [0.2, 0.25) is 5.02 Å². The number of fused-ring (bicyclic) bond motifs is 1. The second kappa shape index (κ2) is 8.60. The van der Waals surface area contributed by atoms with Crippen molar-refractivity contribution in [2.45, 2.75) is 13.0 Å². The summed E-state index contributed by atoms with van der Waals surface area (Å²) in [5.41, 5.74) is 6.75. The summed E-state index contributed by atoms with van der Waals surface area (Å²) in [5, 5.41) is 4.24. The fraction of sp³-hybridized carbons (Fsp3) is 0.240. The Morgan fingerprint density at radius 3 is 2.47 bits per heavy atom. The van der Waals surface area contributed by atoms with Crippen molar-refractivity contribution in [1.82, 2.24) is 19.6 Å². The Bertz CT molecular complexity index is 1130. The average molecular weight is 417 g/mol. The smallest absolute Gasteiger partial charge is 0.137 e. The summed E-state index contributed by atoms with van der Waals surface area (Å²) in [7, 11) is 0. The Morgan fingerprint density at radius 2 is 1.63 bits per heavy atom. The van der Waals surface area contributed by atoms with Gasteiger partial charge in [0.25, 0.3) is 0 Å². The quantitative estimate of drug-likeness (QED) is 0.501. The number of benzene rings is 2. The molecule has 0 unspecified atom stereocenters. The maximum atomic E-state index is 6.14. The molecule has 2 aromatic carbocycles. The van der Waals surface area contributed by atoms with Crippen molar-refractivity contribution in [3.63, 3.8) is 0 Å². The largest absolute Gasteiger partial charge is 0.315 e. The fourth-order valence-electron chi connectivity index (χ4n) is 4.16. The Hall–Kier alpha value is -2.66. The Morgan fingerprint density at radius 1 is 0.833 bits per heavy atom. The zero-order valence-corrected chi connectivity index (χ0v) is 17.6. The Labute approximate surface area is 182 Å². The third-order valence-electron chi connectivity index (χ3n) is 5.75. The minimum Gasteiger partial charge on any atom is -0.315 e. The van der Waals surface area contributed by atoms with Crippen molar-refractivity contribution < 1.29 is 0 Å². The molecule has 0 saturated carbocycles. The van der Waals surface area contributed by atoms with Gasteiger partial charge in [0.15, 0.2) is 0 Å². The molecule has 1 aliphatic rings. The van der Waals surface area contributed by atoms with E-state index in [1.54, 1.807) is 0 Å². The van der Waals surface area contributed by atoms with Crippen molar-refractivity contribution in [2.75, 3.05) is 26.2 Å². The van der Waals surface area contributed by atoms with Crippen LogP contribution in [0, 0.1) is 0 Å². The lowest BCUT2D eigenvalue weighted by Crippen LogP contribution is -2.28. The van der Waals surface area contributed by atoms with Crippen molar-refractivity contribution >= 4 is 17.2 Å². The van der Waals surface area contributed by atoms with E-state index in [0.29, 0.717) is 0 Å². The van der Waals surface area contributed by atoms with E-state index in [9.17, 15) is 0 Å². The molecule has 4 aromatic rings. The summed E-state index contributed by atoms with van der Waals surface area (Å²) >= 11 is 6.14. The van der Waals surface area contributed by atoms with Gasteiger partial charge in [0.1, 0.15) is 5.65 Å². The molecular formula is C25H25ClN4. The number of hydrogen-bond acceptors (Lipinski definition) is 3. The molecule has 0 spiro atoms. The van der Waals surface area contributed by atoms with Gasteiger partial charge in [0.05, 0.1) is 11.4 Å². The third-order valence-corrected chi connectivity index (χ3v) is 6.00. The van der Waals surface area contributed by atoms with Gasteiger partial charge in [-0.05, 0) is 54.9 Å². The number of rotatable bonds is 4. The summed E-state index contributed by atoms with van der Waals surface area (Å²) in [6, 6.07) is 22.8. The molecule has 152 valence electrons. The molecule has 3 heterocycles. The van der Waals surface area contributed by atoms with E-state index in [2.05, 4.69) is 75.4 Å². The maximum absolute atomic E-state index is 6.14. The third kappa shape index (κ3) is 3.99. The number of pyridine rings is 1. The molecule has 1 saturated heterocycles. The van der Waals surface area contributed by atoms with Crippen LogP contribution >= 0.6 is 11.6 Å². The molecule has 5 rings (SSSR count). The Balaban J connectivity index is 1.62. The molecule has 0 aliphatic carbocycles. The van der Waals surface area contributed by atoms with E-state index in [4.69, 9.17) is 16.6 Å². The molecule has 2 aromatic heterocycles. The fourth-order valence-corrected chi connectivity index (χ4v) is 4.28. The van der Waals surface area contributed by atoms with Gasteiger partial charge >= 0.3 is 0 Å². The van der Waals surface area contributed by atoms with Gasteiger partial charge in [0.2, 0.25) is 0 Å². The van der Waals surface area contributed by atoms with Crippen molar-refractivity contribution in [3.05, 3.63) is 83.6 Å². The minimum atomic E-state index is 0.744. The van der Waals surface area contributed by atoms with E-state index in [1.807, 2.05) is 12.1 Å². The second-order valence-electron chi connectivity index (χ2n) is 7.81. The summed E-state index contributed by atoms with van der Waals surface area (Å²) in [6.45, 7) is 5.14. The lowest BCUT2D eigenvalue weighted by molar-refractivity contribution is 0.281. The summed E-state index contributed by atoms with van der Waals surface area (Å²) < 4.78 is 2.27. The molecule has 1 fully saturated rings. The van der Waals surface area contributed by atoms with Crippen LogP contribution in [-0.4, -0.2) is 40.5 Å². The highest BCUT2D eigenvalue weighted by molar-refractivity contribution is 6.30. The van der Waals surface area contributed by atoms with Gasteiger partial charge in [0, 0.05) is 36.4 Å². The summed E-state index contributed by atoms with van der Waals surface area (Å²) in [6.07, 6.45) is 3.39. The number of hydrogen-bond donors (Lipinski definition) is 1. The van der Waals surface area contributed by atoms with E-state index < -0.39 is 0 Å². The van der Waals surface area contributed by atoms with Crippen LogP contribution in [0.5, 0.6) is 0 Å². The molecule has 0 atom stereocenters. The first-order chi connectivity index (χ1) is 14.8. The molecule has 4 nitrogen and oxygen atoms in total. The van der Waals surface area contributed by atoms with Gasteiger partial charge in [-0.25, -0.2) is 4.98 Å². The highest BCUT2D eigenvalue weighted by Crippen LogP contribution is 2.29. The minimum absolute atomic E-state index is 0.744. The van der Waals surface area contributed by atoms with Crippen molar-refractivity contribution in [1.29, 1.82) is 0 Å². The predicted molar refractivity (Wildman–Crippen MR) is 124 cm³/mol. The standard InChI is InChI=1S/C25H25ClN4/c26-22-10-7-20(8-11-22)25-23(18-29-15-4-13-27-14-16-29)30-17-21(9-12-24(30)28-25)19-5-2-1-3-6-19/h1-3,5-12,17,27H,4,13-16,18H2. The average Bonchev–Trinajstić information content (AvgIpc) is 2.95. The van der Waals surface area contributed by atoms with Gasteiger partial charge in [-0.3, -0.25) is 4.90 Å². The SMILES string of the molecule is Clc1ccc(-c2nc3ccc(-c4ccccc4)cn3c2CN2CCCNCC2)cc1. The van der Waals surface area contributed by atoms with Gasteiger partial charge < -0.3 is 9.72 Å². The van der Waals surface area contributed by atoms with Crippen LogP contribution < -0.4 is 5.32 Å². The van der Waals surface area contributed by atoms with E-state index in [-0.39, 0.29) is 0 Å². The first-order valence-corrected chi connectivity index (χ1v) is 10.9. The van der Waals surface area contributed by atoms with Crippen LogP contribution in [0.3, 0.4) is 0 Å². The molecule has 0 amide bonds. The topological polar surface area (TPSA) is 32.6 Å². The lowest BCUT2D eigenvalue weighted by Gasteiger charge is -2.20. The Kier molecular flexibility index (Phi) is 5.54. The number of imidazole rings is 1. The molecule has 0 bridgehead atoms. The van der Waals surface area contributed by atoms with E-state index in [1.165, 1.54) is 23.2 Å². The predicted octanol–water partition coefficient (Wildman–Crippen LogP) is 5.12. The van der Waals surface area contributed by atoms with E-state index in [0.717, 1.165) is 54.7 Å². The number of nitrogens with one attached hydrogen (secondary N) is 1. The zero-order valence-electron chi connectivity index (χ0n) is 16.9. The van der Waals surface area contributed by atoms with E-state index >= 15 is 0 Å². The number of aromatic nitrogens is 2. The van der Waals surface area contributed by atoms with Gasteiger partial charge in [-0.2, -0.15) is 0 Å². The lowest BCUT2D eigenvalue weighted by atomic mass is 10.1. The number of halogens is 1. The molecule has 0 radical (unpaired) electrons. The van der Waals surface area contributed by atoms with Crippen LogP contribution in [-0.2, 0) is 6.54 Å². The maximum Gasteiger partial charge on any atom is 0.137 e. The van der Waals surface area contributed by atoms with Crippen molar-refractivity contribution in [3.8, 4) is 22.4 Å². The molecule has 1 N–H and O–H groups in total. The first kappa shape index (κ1) is 19.3. The molecule has 1 aliphatic heterocycles. The van der Waals surface area contributed by atoms with Gasteiger partial charge in [-0.15, -0.1) is 0 Å².